The van der Waals surface area contributed by atoms with Crippen molar-refractivity contribution in [3.8, 4) is 5.75 Å². The zero-order valence-corrected chi connectivity index (χ0v) is 18.5. The van der Waals surface area contributed by atoms with Gasteiger partial charge in [0, 0.05) is 13.0 Å². The van der Waals surface area contributed by atoms with E-state index in [2.05, 4.69) is 10.0 Å². The van der Waals surface area contributed by atoms with E-state index in [1.54, 1.807) is 19.2 Å². The maximum Gasteiger partial charge on any atom is 0.242 e. The van der Waals surface area contributed by atoms with Crippen LogP contribution in [0.1, 0.15) is 23.6 Å². The normalized spacial score (nSPS) is 12.2. The molecular weight excluding hydrogens is 436 g/mol. The third-order valence-electron chi connectivity index (χ3n) is 4.66. The van der Waals surface area contributed by atoms with Gasteiger partial charge in [0.1, 0.15) is 10.6 Å². The van der Waals surface area contributed by atoms with Crippen molar-refractivity contribution in [1.82, 2.24) is 10.0 Å². The zero-order valence-electron chi connectivity index (χ0n) is 16.9. The molecule has 0 heterocycles. The van der Waals surface area contributed by atoms with Crippen LogP contribution < -0.4 is 14.8 Å². The number of nitrogens with one attached hydrogen (secondary N) is 2. The van der Waals surface area contributed by atoms with Gasteiger partial charge in [-0.2, -0.15) is 0 Å². The van der Waals surface area contributed by atoms with Crippen LogP contribution in [0.2, 0.25) is 5.02 Å². The van der Waals surface area contributed by atoms with Crippen LogP contribution in [0.3, 0.4) is 0 Å². The fourth-order valence-electron chi connectivity index (χ4n) is 3.07. The minimum Gasteiger partial charge on any atom is -0.497 e. The predicted octanol–water partition coefficient (Wildman–Crippen LogP) is 3.92. The van der Waals surface area contributed by atoms with Crippen LogP contribution in [0, 0.1) is 0 Å². The number of amides is 1. The van der Waals surface area contributed by atoms with E-state index in [1.807, 2.05) is 54.6 Å². The average Bonchev–Trinajstić information content (AvgIpc) is 2.78. The number of rotatable bonds is 9. The number of hydrogen-bond donors (Lipinski definition) is 2. The molecule has 162 valence electrons. The molecule has 0 fully saturated rings. The quantitative estimate of drug-likeness (QED) is 0.509. The molecule has 2 N–H and O–H groups in total. The van der Waals surface area contributed by atoms with E-state index in [1.165, 1.54) is 12.1 Å². The van der Waals surface area contributed by atoms with Crippen molar-refractivity contribution < 1.29 is 17.9 Å². The van der Waals surface area contributed by atoms with Gasteiger partial charge in [0.05, 0.1) is 18.2 Å². The van der Waals surface area contributed by atoms with Gasteiger partial charge >= 0.3 is 0 Å². The Morgan fingerprint density at radius 2 is 1.55 bits per heavy atom. The molecule has 31 heavy (non-hydrogen) atoms. The lowest BCUT2D eigenvalue weighted by Crippen LogP contribution is -2.33. The number of ether oxygens (including phenoxy) is 1. The summed E-state index contributed by atoms with van der Waals surface area (Å²) in [6.07, 6.45) is -0.0246. The smallest absolute Gasteiger partial charge is 0.242 e. The maximum atomic E-state index is 12.6. The molecule has 6 nitrogen and oxygen atoms in total. The Morgan fingerprint density at radius 3 is 2.19 bits per heavy atom. The van der Waals surface area contributed by atoms with Crippen LogP contribution >= 0.6 is 11.6 Å². The minimum atomic E-state index is -3.80. The Hall–Kier alpha value is -2.87. The Balaban J connectivity index is 1.67. The molecule has 0 aliphatic carbocycles. The topological polar surface area (TPSA) is 84.5 Å². The van der Waals surface area contributed by atoms with Crippen molar-refractivity contribution in [3.05, 3.63) is 95.0 Å². The summed E-state index contributed by atoms with van der Waals surface area (Å²) in [7, 11) is -2.21. The molecule has 1 unspecified atom stereocenters. The first-order chi connectivity index (χ1) is 14.9. The third kappa shape index (κ3) is 6.07. The second kappa shape index (κ2) is 10.4. The summed E-state index contributed by atoms with van der Waals surface area (Å²) in [5.74, 6) is 0.433. The number of benzene rings is 3. The van der Waals surface area contributed by atoms with Crippen molar-refractivity contribution in [2.75, 3.05) is 13.7 Å². The molecule has 0 aromatic heterocycles. The summed E-state index contributed by atoms with van der Waals surface area (Å²) < 4.78 is 32.5. The highest BCUT2D eigenvalue weighted by Crippen LogP contribution is 2.24. The molecule has 0 spiro atoms. The number of carbonyl (C=O) groups is 1. The van der Waals surface area contributed by atoms with Crippen LogP contribution in [0.15, 0.2) is 83.8 Å². The van der Waals surface area contributed by atoms with E-state index < -0.39 is 10.0 Å². The molecule has 0 bridgehead atoms. The van der Waals surface area contributed by atoms with Gasteiger partial charge in [-0.25, -0.2) is 13.1 Å². The van der Waals surface area contributed by atoms with E-state index in [-0.39, 0.29) is 34.8 Å². The largest absolute Gasteiger partial charge is 0.497 e. The van der Waals surface area contributed by atoms with Crippen LogP contribution in [-0.4, -0.2) is 28.0 Å². The Morgan fingerprint density at radius 1 is 0.935 bits per heavy atom. The molecule has 8 heteroatoms. The summed E-state index contributed by atoms with van der Waals surface area (Å²) in [4.78, 5) is 12.6. The van der Waals surface area contributed by atoms with Crippen LogP contribution in [-0.2, 0) is 14.8 Å². The highest BCUT2D eigenvalue weighted by Gasteiger charge is 2.19. The lowest BCUT2D eigenvalue weighted by atomic mass is 9.98. The lowest BCUT2D eigenvalue weighted by Gasteiger charge is -2.20. The first-order valence-electron chi connectivity index (χ1n) is 9.63. The highest BCUT2D eigenvalue weighted by molar-refractivity contribution is 7.89. The summed E-state index contributed by atoms with van der Waals surface area (Å²) in [6.45, 7) is -0.0521. The summed E-state index contributed by atoms with van der Waals surface area (Å²) in [5, 5.41) is 3.11. The second-order valence-electron chi connectivity index (χ2n) is 6.76. The number of halogens is 1. The predicted molar refractivity (Wildman–Crippen MR) is 121 cm³/mol. The standard InChI is InChI=1S/C23H23ClN2O4S/c1-30-19-13-11-18(12-14-19)23(17-7-3-2-4-8-17)26-22(27)15-16-25-31(28,29)21-10-6-5-9-20(21)24/h2-14,23,25H,15-16H2,1H3,(H,26,27). The summed E-state index contributed by atoms with van der Waals surface area (Å²) >= 11 is 5.97. The van der Waals surface area contributed by atoms with Crippen molar-refractivity contribution in [2.24, 2.45) is 0 Å². The van der Waals surface area contributed by atoms with Gasteiger partial charge in [0.25, 0.3) is 0 Å². The monoisotopic (exact) mass is 458 g/mol. The van der Waals surface area contributed by atoms with E-state index in [9.17, 15) is 13.2 Å². The van der Waals surface area contributed by atoms with Gasteiger partial charge in [-0.1, -0.05) is 66.2 Å². The van der Waals surface area contributed by atoms with Crippen LogP contribution in [0.25, 0.3) is 0 Å². The summed E-state index contributed by atoms with van der Waals surface area (Å²) in [6, 6.07) is 22.8. The molecule has 0 aliphatic rings. The molecule has 1 amide bonds. The van der Waals surface area contributed by atoms with Crippen molar-refractivity contribution in [1.29, 1.82) is 0 Å². The number of sulfonamides is 1. The van der Waals surface area contributed by atoms with Crippen molar-refractivity contribution in [2.45, 2.75) is 17.4 Å². The van der Waals surface area contributed by atoms with Crippen LogP contribution in [0.4, 0.5) is 0 Å². The van der Waals surface area contributed by atoms with Crippen LogP contribution in [0.5, 0.6) is 5.75 Å². The molecule has 1 atom stereocenters. The van der Waals surface area contributed by atoms with E-state index >= 15 is 0 Å². The average molecular weight is 459 g/mol. The minimum absolute atomic E-state index is 0.0162. The molecule has 3 rings (SSSR count). The van der Waals surface area contributed by atoms with Gasteiger partial charge in [0.2, 0.25) is 15.9 Å². The van der Waals surface area contributed by atoms with E-state index in [0.29, 0.717) is 0 Å². The lowest BCUT2D eigenvalue weighted by molar-refractivity contribution is -0.121. The number of hydrogen-bond acceptors (Lipinski definition) is 4. The number of carbonyl (C=O) groups excluding carboxylic acids is 1. The Labute approximate surface area is 187 Å². The molecular formula is C23H23ClN2O4S. The first-order valence-corrected chi connectivity index (χ1v) is 11.5. The molecule has 3 aromatic rings. The fraction of sp³-hybridized carbons (Fsp3) is 0.174. The highest BCUT2D eigenvalue weighted by atomic mass is 35.5. The van der Waals surface area contributed by atoms with Gasteiger partial charge in [-0.05, 0) is 35.4 Å². The maximum absolute atomic E-state index is 12.6. The first kappa shape index (κ1) is 22.8. The van der Waals surface area contributed by atoms with Gasteiger partial charge in [0.15, 0.2) is 0 Å². The Kier molecular flexibility index (Phi) is 7.68. The van der Waals surface area contributed by atoms with Crippen molar-refractivity contribution >= 4 is 27.5 Å². The molecule has 3 aromatic carbocycles. The van der Waals surface area contributed by atoms with E-state index in [4.69, 9.17) is 16.3 Å². The number of methoxy groups -OCH3 is 1. The zero-order chi connectivity index (χ0) is 22.3. The van der Waals surface area contributed by atoms with Crippen molar-refractivity contribution in [3.63, 3.8) is 0 Å². The second-order valence-corrected chi connectivity index (χ2v) is 8.91. The Bertz CT molecular complexity index is 1120. The molecule has 0 radical (unpaired) electrons. The van der Waals surface area contributed by atoms with Gasteiger partial charge < -0.3 is 10.1 Å². The van der Waals surface area contributed by atoms with Gasteiger partial charge in [-0.15, -0.1) is 0 Å². The molecule has 0 aliphatic heterocycles. The molecule has 0 saturated carbocycles. The third-order valence-corrected chi connectivity index (χ3v) is 6.62. The van der Waals surface area contributed by atoms with E-state index in [0.717, 1.165) is 16.9 Å². The van der Waals surface area contributed by atoms with Gasteiger partial charge in [-0.3, -0.25) is 4.79 Å². The SMILES string of the molecule is COc1ccc(C(NC(=O)CCNS(=O)(=O)c2ccccc2Cl)c2ccccc2)cc1. The molecule has 0 saturated heterocycles. The summed E-state index contributed by atoms with van der Waals surface area (Å²) in [5.41, 5.74) is 1.80. The fourth-order valence-corrected chi connectivity index (χ4v) is 4.62.